The third-order valence-corrected chi connectivity index (χ3v) is 7.07. The zero-order valence-electron chi connectivity index (χ0n) is 28.7. The fourth-order valence-corrected chi connectivity index (χ4v) is 4.27. The molecule has 2 atom stereocenters. The number of Topliss-reactive ketones (excluding diaryl/α,β-unsaturated/α-hetero) is 1. The summed E-state index contributed by atoms with van der Waals surface area (Å²) in [6.07, 6.45) is 2.83. The Bertz CT molecular complexity index is 1070. The second-order valence-corrected chi connectivity index (χ2v) is 11.1. The number of aryl methyl sites for hydroxylation is 1. The molecule has 0 aliphatic rings. The summed E-state index contributed by atoms with van der Waals surface area (Å²) in [7, 11) is 1.72. The molecule has 272 valence electrons. The van der Waals surface area contributed by atoms with Crippen molar-refractivity contribution >= 4 is 29.4 Å². The Balaban J connectivity index is 2.01. The van der Waals surface area contributed by atoms with E-state index in [0.717, 1.165) is 11.1 Å². The van der Waals surface area contributed by atoms with Gasteiger partial charge in [-0.25, -0.2) is 0 Å². The number of unbranched alkanes of at least 4 members (excludes halogenated alkanes) is 1. The lowest BCUT2D eigenvalue weighted by atomic mass is 10.0. The topological polar surface area (TPSA) is 208 Å². The van der Waals surface area contributed by atoms with Gasteiger partial charge in [-0.15, -0.1) is 0 Å². The van der Waals surface area contributed by atoms with Gasteiger partial charge >= 0.3 is 0 Å². The van der Waals surface area contributed by atoms with Crippen molar-refractivity contribution in [1.29, 1.82) is 0 Å². The van der Waals surface area contributed by atoms with Crippen LogP contribution >= 0.6 is 0 Å². The Hall–Kier alpha value is -3.47. The first-order valence-corrected chi connectivity index (χ1v) is 16.6. The Labute approximate surface area is 284 Å². The lowest BCUT2D eigenvalue weighted by Gasteiger charge is -2.19. The third kappa shape index (κ3) is 22.2. The van der Waals surface area contributed by atoms with E-state index < -0.39 is 11.9 Å². The predicted molar refractivity (Wildman–Crippen MR) is 180 cm³/mol. The standard InChI is InChI=1S/C33H56N6O9/c1-4-30(41)37-13-15-45-17-20-48-24-32(43)38-14-16-46-18-19-47-23-31(42)36-12-6-5-7-27(35-3)29(40)22-39-28(33(34)44)21-26-10-8-25(2)9-11-26/h8-11,27-28,35,39H,4-7,12-24H2,1-3H3,(H2,34,44)(H,36,42)(H,37,41)(H,38,43)/t27-,28-/m0/s1. The number of nitrogens with one attached hydrogen (secondary N) is 5. The largest absolute Gasteiger partial charge is 0.377 e. The molecule has 0 spiro atoms. The van der Waals surface area contributed by atoms with Gasteiger partial charge in [-0.2, -0.15) is 0 Å². The Kier molecular flexibility index (Phi) is 24.4. The molecule has 1 aromatic carbocycles. The summed E-state index contributed by atoms with van der Waals surface area (Å²) < 4.78 is 21.2. The van der Waals surface area contributed by atoms with Crippen LogP contribution in [0.3, 0.4) is 0 Å². The number of ether oxygens (including phenoxy) is 4. The van der Waals surface area contributed by atoms with Crippen LogP contribution in [0.1, 0.15) is 43.7 Å². The van der Waals surface area contributed by atoms with Crippen molar-refractivity contribution in [2.75, 3.05) is 86.1 Å². The van der Waals surface area contributed by atoms with Crippen LogP contribution in [-0.4, -0.2) is 128 Å². The highest BCUT2D eigenvalue weighted by atomic mass is 16.5. The molecule has 48 heavy (non-hydrogen) atoms. The average molecular weight is 681 g/mol. The molecule has 0 heterocycles. The van der Waals surface area contributed by atoms with E-state index in [1.807, 2.05) is 31.2 Å². The van der Waals surface area contributed by atoms with Crippen molar-refractivity contribution in [3.05, 3.63) is 35.4 Å². The number of amides is 4. The summed E-state index contributed by atoms with van der Waals surface area (Å²) in [5, 5.41) is 14.2. The summed E-state index contributed by atoms with van der Waals surface area (Å²) in [5.41, 5.74) is 7.63. The number of likely N-dealkylation sites (N-methyl/N-ethyl adjacent to an activating group) is 1. The van der Waals surface area contributed by atoms with Crippen LogP contribution in [0, 0.1) is 6.92 Å². The fourth-order valence-electron chi connectivity index (χ4n) is 4.27. The molecule has 1 aromatic rings. The highest BCUT2D eigenvalue weighted by Crippen LogP contribution is 2.07. The lowest BCUT2D eigenvalue weighted by Crippen LogP contribution is -2.48. The molecule has 15 heteroatoms. The lowest BCUT2D eigenvalue weighted by molar-refractivity contribution is -0.127. The molecule has 0 fully saturated rings. The van der Waals surface area contributed by atoms with Gasteiger partial charge in [0.2, 0.25) is 23.6 Å². The summed E-state index contributed by atoms with van der Waals surface area (Å²) >= 11 is 0. The molecule has 15 nitrogen and oxygen atoms in total. The SMILES string of the molecule is CCC(=O)NCCOCCOCC(=O)NCCOCCOCC(=O)NCCCC[C@H](NC)C(=O)CN[C@@H](Cc1ccc(C)cc1)C(N)=O. The molecule has 0 unspecified atom stereocenters. The van der Waals surface area contributed by atoms with Gasteiger partial charge in [-0.05, 0) is 45.2 Å². The van der Waals surface area contributed by atoms with E-state index in [1.54, 1.807) is 14.0 Å². The number of hydrogen-bond donors (Lipinski definition) is 6. The maximum atomic E-state index is 12.7. The van der Waals surface area contributed by atoms with Crippen molar-refractivity contribution in [2.45, 2.75) is 58.0 Å². The summed E-state index contributed by atoms with van der Waals surface area (Å²) in [5.74, 6) is -1.11. The Morgan fingerprint density at radius 1 is 0.708 bits per heavy atom. The zero-order valence-corrected chi connectivity index (χ0v) is 28.7. The minimum atomic E-state index is -0.645. The van der Waals surface area contributed by atoms with Gasteiger partial charge in [-0.1, -0.05) is 36.8 Å². The average Bonchev–Trinajstić information content (AvgIpc) is 3.07. The van der Waals surface area contributed by atoms with E-state index in [2.05, 4.69) is 26.6 Å². The van der Waals surface area contributed by atoms with Crippen LogP contribution in [-0.2, 0) is 49.3 Å². The van der Waals surface area contributed by atoms with E-state index in [-0.39, 0.29) is 69.1 Å². The second-order valence-electron chi connectivity index (χ2n) is 11.1. The van der Waals surface area contributed by atoms with Crippen LogP contribution in [0.5, 0.6) is 0 Å². The van der Waals surface area contributed by atoms with Gasteiger partial charge in [0, 0.05) is 26.1 Å². The van der Waals surface area contributed by atoms with Gasteiger partial charge in [0.05, 0.1) is 58.3 Å². The van der Waals surface area contributed by atoms with Crippen LogP contribution in [0.25, 0.3) is 0 Å². The molecule has 0 aromatic heterocycles. The highest BCUT2D eigenvalue weighted by molar-refractivity contribution is 5.87. The van der Waals surface area contributed by atoms with Crippen LogP contribution in [0.15, 0.2) is 24.3 Å². The molecule has 0 aliphatic heterocycles. The van der Waals surface area contributed by atoms with Crippen molar-refractivity contribution < 1.29 is 42.9 Å². The van der Waals surface area contributed by atoms with Gasteiger partial charge < -0.3 is 45.9 Å². The molecule has 0 saturated heterocycles. The number of carbonyl (C=O) groups excluding carboxylic acids is 5. The number of ketones is 1. The first kappa shape index (κ1) is 42.6. The van der Waals surface area contributed by atoms with Crippen molar-refractivity contribution in [3.8, 4) is 0 Å². The molecule has 0 radical (unpaired) electrons. The molecule has 0 bridgehead atoms. The fraction of sp³-hybridized carbons (Fsp3) is 0.667. The number of primary amides is 1. The van der Waals surface area contributed by atoms with Gasteiger partial charge in [-0.3, -0.25) is 29.3 Å². The normalized spacial score (nSPS) is 12.2. The highest BCUT2D eigenvalue weighted by Gasteiger charge is 2.20. The van der Waals surface area contributed by atoms with E-state index in [1.165, 1.54) is 0 Å². The van der Waals surface area contributed by atoms with Crippen molar-refractivity contribution in [3.63, 3.8) is 0 Å². The molecule has 1 rings (SSSR count). The van der Waals surface area contributed by atoms with E-state index in [4.69, 9.17) is 24.7 Å². The summed E-state index contributed by atoms with van der Waals surface area (Å²) in [4.78, 5) is 59.5. The van der Waals surface area contributed by atoms with Crippen molar-refractivity contribution in [2.24, 2.45) is 5.73 Å². The number of carbonyl (C=O) groups is 5. The first-order valence-electron chi connectivity index (χ1n) is 16.6. The summed E-state index contributed by atoms with van der Waals surface area (Å²) in [6, 6.07) is 6.79. The predicted octanol–water partition coefficient (Wildman–Crippen LogP) is -0.867. The van der Waals surface area contributed by atoms with E-state index >= 15 is 0 Å². The van der Waals surface area contributed by atoms with Crippen LogP contribution in [0.4, 0.5) is 0 Å². The van der Waals surface area contributed by atoms with Crippen molar-refractivity contribution in [1.82, 2.24) is 26.6 Å². The number of benzene rings is 1. The number of nitrogens with two attached hydrogens (primary N) is 1. The van der Waals surface area contributed by atoms with E-state index in [0.29, 0.717) is 71.6 Å². The molecule has 0 aliphatic carbocycles. The Morgan fingerprint density at radius 3 is 1.79 bits per heavy atom. The maximum Gasteiger partial charge on any atom is 0.246 e. The molecule has 4 amide bonds. The monoisotopic (exact) mass is 680 g/mol. The van der Waals surface area contributed by atoms with Gasteiger partial charge in [0.15, 0.2) is 5.78 Å². The quantitative estimate of drug-likeness (QED) is 0.0551. The molecule has 0 saturated carbocycles. The molecule has 7 N–H and O–H groups in total. The van der Waals surface area contributed by atoms with E-state index in [9.17, 15) is 24.0 Å². The van der Waals surface area contributed by atoms with Gasteiger partial charge in [0.25, 0.3) is 0 Å². The maximum absolute atomic E-state index is 12.7. The zero-order chi connectivity index (χ0) is 35.4. The third-order valence-electron chi connectivity index (χ3n) is 7.07. The van der Waals surface area contributed by atoms with Gasteiger partial charge in [0.1, 0.15) is 13.2 Å². The summed E-state index contributed by atoms with van der Waals surface area (Å²) in [6.45, 7) is 6.58. The second kappa shape index (κ2) is 27.5. The number of hydrogen-bond acceptors (Lipinski definition) is 11. The molecular weight excluding hydrogens is 624 g/mol. The van der Waals surface area contributed by atoms with Crippen LogP contribution < -0.4 is 32.3 Å². The first-order chi connectivity index (χ1) is 23.2. The Morgan fingerprint density at radius 2 is 1.25 bits per heavy atom. The molecular formula is C33H56N6O9. The minimum Gasteiger partial charge on any atom is -0.377 e. The van der Waals surface area contributed by atoms with Crippen LogP contribution in [0.2, 0.25) is 0 Å². The smallest absolute Gasteiger partial charge is 0.246 e. The minimum absolute atomic E-state index is 0.0210. The number of rotatable bonds is 30.